The monoisotopic (exact) mass is 590 g/mol. The van der Waals surface area contributed by atoms with Crippen LogP contribution in [0.25, 0.3) is 60.1 Å². The fourth-order valence-electron chi connectivity index (χ4n) is 5.92. The van der Waals surface area contributed by atoms with Crippen LogP contribution in [0.4, 0.5) is 0 Å². The van der Waals surface area contributed by atoms with Crippen molar-refractivity contribution in [2.45, 2.75) is 13.5 Å². The molecule has 0 saturated heterocycles. The third-order valence-corrected chi connectivity index (χ3v) is 8.90. The van der Waals surface area contributed by atoms with E-state index in [-0.39, 0.29) is 5.56 Å². The maximum atomic E-state index is 13.7. The van der Waals surface area contributed by atoms with Gasteiger partial charge in [0.25, 0.3) is 5.56 Å². The Morgan fingerprint density at radius 2 is 1.59 bits per heavy atom. The molecule has 8 rings (SSSR count). The van der Waals surface area contributed by atoms with Gasteiger partial charge in [-0.05, 0) is 42.8 Å². The molecule has 0 saturated carbocycles. The first-order valence-electron chi connectivity index (χ1n) is 14.4. The van der Waals surface area contributed by atoms with Gasteiger partial charge in [0.05, 0.1) is 17.3 Å². The van der Waals surface area contributed by atoms with E-state index in [4.69, 9.17) is 5.10 Å². The van der Waals surface area contributed by atoms with Crippen molar-refractivity contribution in [1.29, 1.82) is 0 Å². The maximum Gasteiger partial charge on any atom is 0.283 e. The van der Waals surface area contributed by atoms with Gasteiger partial charge in [-0.3, -0.25) is 4.79 Å². The largest absolute Gasteiger partial charge is 0.341 e. The fourth-order valence-corrected chi connectivity index (χ4v) is 6.83. The van der Waals surface area contributed by atoms with Crippen molar-refractivity contribution in [1.82, 2.24) is 24.0 Å². The molecule has 0 unspecified atom stereocenters. The lowest BCUT2D eigenvalue weighted by Gasteiger charge is -2.04. The van der Waals surface area contributed by atoms with Gasteiger partial charge in [0.1, 0.15) is 16.9 Å². The highest BCUT2D eigenvalue weighted by Gasteiger charge is 2.16. The zero-order valence-corrected chi connectivity index (χ0v) is 24.6. The van der Waals surface area contributed by atoms with Crippen LogP contribution in [0.15, 0.2) is 131 Å². The van der Waals surface area contributed by atoms with Crippen molar-refractivity contribution in [3.8, 4) is 28.1 Å². The van der Waals surface area contributed by atoms with Crippen molar-refractivity contribution in [2.75, 3.05) is 0 Å². The first kappa shape index (κ1) is 26.1. The molecular weight excluding hydrogens is 565 g/mol. The fraction of sp³-hybridized carbons (Fsp3) is 0.0556. The Kier molecular flexibility index (Phi) is 6.27. The van der Waals surface area contributed by atoms with Gasteiger partial charge in [0, 0.05) is 56.6 Å². The number of benzene rings is 4. The summed E-state index contributed by atoms with van der Waals surface area (Å²) in [6.07, 6.45) is 5.13. The number of hydrogen-bond donors (Lipinski definition) is 0. The average Bonchev–Trinajstić information content (AvgIpc) is 3.79. The second-order valence-electron chi connectivity index (χ2n) is 10.5. The molecule has 0 atom stereocenters. The number of nitrogens with zero attached hydrogens (tertiary/aromatic N) is 6. The van der Waals surface area contributed by atoms with E-state index in [1.165, 1.54) is 44.1 Å². The topological polar surface area (TPSA) is 70.0 Å². The molecule has 0 amide bonds. The van der Waals surface area contributed by atoms with Gasteiger partial charge in [-0.1, -0.05) is 72.8 Å². The quantitative estimate of drug-likeness (QED) is 0.184. The summed E-state index contributed by atoms with van der Waals surface area (Å²) >= 11 is 1.46. The Hall–Kier alpha value is -5.60. The maximum absolute atomic E-state index is 13.7. The predicted octanol–water partition coefficient (Wildman–Crippen LogP) is 7.99. The molecule has 4 aromatic carbocycles. The molecule has 0 aliphatic heterocycles. The number of aryl methyl sites for hydroxylation is 1. The minimum atomic E-state index is -0.211. The molecule has 0 aliphatic rings. The molecular formula is C36H26N6OS. The van der Waals surface area contributed by atoms with Crippen LogP contribution in [0.3, 0.4) is 0 Å². The lowest BCUT2D eigenvalue weighted by Crippen LogP contribution is -2.16. The highest BCUT2D eigenvalue weighted by Crippen LogP contribution is 2.34. The smallest absolute Gasteiger partial charge is 0.283 e. The Labute approximate surface area is 256 Å². The molecule has 212 valence electrons. The number of hydrogen-bond acceptors (Lipinski definition) is 5. The average molecular weight is 591 g/mol. The molecule has 8 heteroatoms. The van der Waals surface area contributed by atoms with Gasteiger partial charge in [-0.15, -0.1) is 11.3 Å². The summed E-state index contributed by atoms with van der Waals surface area (Å²) in [5.74, 6) is 0. The summed E-state index contributed by atoms with van der Waals surface area (Å²) in [6, 6.07) is 34.9. The number of rotatable bonds is 6. The lowest BCUT2D eigenvalue weighted by molar-refractivity contribution is 0.819. The lowest BCUT2D eigenvalue weighted by atomic mass is 10.0. The summed E-state index contributed by atoms with van der Waals surface area (Å²) in [4.78, 5) is 18.9. The SMILES string of the molecule is CCn1c2ccccc2c2cc(-c3nn(-c4ccccc4)cc3/C=N\n3cnc4scc(-c5ccccc5)c4c3=O)ccc21. The first-order valence-corrected chi connectivity index (χ1v) is 15.3. The zero-order valence-electron chi connectivity index (χ0n) is 23.8. The summed E-state index contributed by atoms with van der Waals surface area (Å²) < 4.78 is 5.50. The van der Waals surface area contributed by atoms with Gasteiger partial charge >= 0.3 is 0 Å². The number of aromatic nitrogens is 5. The van der Waals surface area contributed by atoms with E-state index >= 15 is 0 Å². The van der Waals surface area contributed by atoms with Crippen molar-refractivity contribution in [3.05, 3.63) is 137 Å². The standard InChI is InChI=1S/C36H26N6OS/c1-2-40-31-16-10-9-15-28(31)29-19-25(17-18-32(29)40)34-26(21-41(39-34)27-13-7-4-8-14-27)20-38-42-23-37-35-33(36(42)43)30(22-44-35)24-11-5-3-6-12-24/h3-23H,2H2,1H3/b38-20-. The molecule has 0 aliphatic carbocycles. The number of fused-ring (bicyclic) bond motifs is 4. The molecule has 7 nitrogen and oxygen atoms in total. The number of thiophene rings is 1. The van der Waals surface area contributed by atoms with E-state index < -0.39 is 0 Å². The van der Waals surface area contributed by atoms with Crippen LogP contribution < -0.4 is 5.56 Å². The van der Waals surface area contributed by atoms with Crippen molar-refractivity contribution >= 4 is 49.6 Å². The Balaban J connectivity index is 1.27. The molecule has 4 aromatic heterocycles. The normalized spacial score (nSPS) is 11.8. The molecule has 0 fully saturated rings. The summed E-state index contributed by atoms with van der Waals surface area (Å²) in [5, 5.41) is 14.6. The third kappa shape index (κ3) is 4.27. The highest BCUT2D eigenvalue weighted by atomic mass is 32.1. The van der Waals surface area contributed by atoms with E-state index in [1.807, 2.05) is 76.9 Å². The molecule has 8 aromatic rings. The Morgan fingerprint density at radius 1 is 0.841 bits per heavy atom. The highest BCUT2D eigenvalue weighted by molar-refractivity contribution is 7.17. The van der Waals surface area contributed by atoms with E-state index in [9.17, 15) is 4.79 Å². The predicted molar refractivity (Wildman–Crippen MR) is 180 cm³/mol. The van der Waals surface area contributed by atoms with E-state index in [2.05, 4.69) is 64.0 Å². The van der Waals surface area contributed by atoms with Crippen LogP contribution in [0.2, 0.25) is 0 Å². The minimum absolute atomic E-state index is 0.211. The summed E-state index contributed by atoms with van der Waals surface area (Å²) in [7, 11) is 0. The molecule has 0 radical (unpaired) electrons. The van der Waals surface area contributed by atoms with Crippen LogP contribution in [-0.4, -0.2) is 30.2 Å². The Bertz CT molecular complexity index is 2400. The first-order chi connectivity index (χ1) is 21.7. The van der Waals surface area contributed by atoms with Crippen LogP contribution >= 0.6 is 11.3 Å². The van der Waals surface area contributed by atoms with E-state index in [0.717, 1.165) is 40.2 Å². The molecule has 0 bridgehead atoms. The van der Waals surface area contributed by atoms with Gasteiger partial charge in [0.2, 0.25) is 0 Å². The summed E-state index contributed by atoms with van der Waals surface area (Å²) in [5.41, 5.74) is 7.49. The second-order valence-corrected chi connectivity index (χ2v) is 11.4. The van der Waals surface area contributed by atoms with Gasteiger partial charge in [0.15, 0.2) is 0 Å². The minimum Gasteiger partial charge on any atom is -0.341 e. The van der Waals surface area contributed by atoms with E-state index in [1.54, 1.807) is 6.21 Å². The van der Waals surface area contributed by atoms with Crippen molar-refractivity contribution in [3.63, 3.8) is 0 Å². The summed E-state index contributed by atoms with van der Waals surface area (Å²) in [6.45, 7) is 3.05. The van der Waals surface area contributed by atoms with Crippen LogP contribution in [0, 0.1) is 0 Å². The van der Waals surface area contributed by atoms with Crippen molar-refractivity contribution < 1.29 is 0 Å². The van der Waals surface area contributed by atoms with Crippen LogP contribution in [0.1, 0.15) is 12.5 Å². The Morgan fingerprint density at radius 3 is 2.41 bits per heavy atom. The van der Waals surface area contributed by atoms with Crippen LogP contribution in [-0.2, 0) is 6.54 Å². The van der Waals surface area contributed by atoms with E-state index in [0.29, 0.717) is 10.2 Å². The molecule has 44 heavy (non-hydrogen) atoms. The van der Waals surface area contributed by atoms with Gasteiger partial charge in [-0.25, -0.2) is 9.67 Å². The second kappa shape index (κ2) is 10.6. The van der Waals surface area contributed by atoms with Crippen LogP contribution in [0.5, 0.6) is 0 Å². The molecule has 0 N–H and O–H groups in total. The number of para-hydroxylation sites is 2. The molecule has 4 heterocycles. The van der Waals surface area contributed by atoms with Crippen molar-refractivity contribution in [2.24, 2.45) is 5.10 Å². The zero-order chi connectivity index (χ0) is 29.6. The van der Waals surface area contributed by atoms with Gasteiger partial charge in [-0.2, -0.15) is 14.9 Å². The third-order valence-electron chi connectivity index (χ3n) is 8.01. The van der Waals surface area contributed by atoms with Gasteiger partial charge < -0.3 is 4.57 Å². The molecule has 0 spiro atoms.